The minimum atomic E-state index is -1.23. The number of benzene rings is 1. The van der Waals surface area contributed by atoms with Gasteiger partial charge < -0.3 is 15.3 Å². The Kier molecular flexibility index (Phi) is 2.81. The number of rotatable bonds is 3. The highest BCUT2D eigenvalue weighted by Crippen LogP contribution is 2.29. The van der Waals surface area contributed by atoms with E-state index in [4.69, 9.17) is 15.3 Å². The second-order valence-electron chi connectivity index (χ2n) is 3.62. The van der Waals surface area contributed by atoms with E-state index < -0.39 is 35.6 Å². The van der Waals surface area contributed by atoms with Crippen molar-refractivity contribution < 1.29 is 23.1 Å². The molecule has 0 fully saturated rings. The van der Waals surface area contributed by atoms with Crippen LogP contribution < -0.4 is 5.73 Å². The highest BCUT2D eigenvalue weighted by atomic mass is 19.1. The first-order valence-electron chi connectivity index (χ1n) is 4.83. The molecule has 4 nitrogen and oxygen atoms in total. The Bertz CT molecular complexity index is 579. The van der Waals surface area contributed by atoms with Crippen LogP contribution in [0.1, 0.15) is 18.0 Å². The Labute approximate surface area is 94.6 Å². The molecule has 0 spiro atoms. The van der Waals surface area contributed by atoms with Crippen molar-refractivity contribution in [3.05, 3.63) is 35.6 Å². The summed E-state index contributed by atoms with van der Waals surface area (Å²) in [5, 5.41) is 8.64. The van der Waals surface area contributed by atoms with E-state index in [2.05, 4.69) is 0 Å². The zero-order valence-electron chi connectivity index (χ0n) is 8.61. The van der Waals surface area contributed by atoms with Gasteiger partial charge in [0.05, 0.1) is 18.1 Å². The first-order chi connectivity index (χ1) is 8.00. The molecule has 0 saturated carbocycles. The standard InChI is InChI=1S/C11H9F2NO3/c12-6-3-8-5(1-2-17-8)11(13)10(6)7(14)4-9(15)16/h1-3,7H,4,14H2,(H,15,16). The molecule has 2 aromatic rings. The first kappa shape index (κ1) is 11.5. The van der Waals surface area contributed by atoms with Crippen molar-refractivity contribution in [2.75, 3.05) is 0 Å². The van der Waals surface area contributed by atoms with Crippen molar-refractivity contribution in [3.63, 3.8) is 0 Å². The number of hydrogen-bond acceptors (Lipinski definition) is 3. The quantitative estimate of drug-likeness (QED) is 0.863. The summed E-state index contributed by atoms with van der Waals surface area (Å²) in [6.45, 7) is 0. The van der Waals surface area contributed by atoms with Crippen molar-refractivity contribution in [2.45, 2.75) is 12.5 Å². The van der Waals surface area contributed by atoms with Crippen LogP contribution in [0.25, 0.3) is 11.0 Å². The second kappa shape index (κ2) is 4.14. The molecule has 0 radical (unpaired) electrons. The lowest BCUT2D eigenvalue weighted by Crippen LogP contribution is -2.18. The molecular formula is C11H9F2NO3. The van der Waals surface area contributed by atoms with Crippen LogP contribution in [-0.2, 0) is 4.79 Å². The first-order valence-corrected chi connectivity index (χ1v) is 4.83. The Morgan fingerprint density at radius 2 is 2.24 bits per heavy atom. The number of carboxylic acids is 1. The molecule has 6 heteroatoms. The molecule has 2 rings (SSSR count). The summed E-state index contributed by atoms with van der Waals surface area (Å²) < 4.78 is 32.3. The van der Waals surface area contributed by atoms with Crippen LogP contribution in [0.15, 0.2) is 22.8 Å². The van der Waals surface area contributed by atoms with E-state index in [0.29, 0.717) is 0 Å². The number of carbonyl (C=O) groups is 1. The van der Waals surface area contributed by atoms with E-state index in [1.54, 1.807) is 0 Å². The predicted molar refractivity (Wildman–Crippen MR) is 55.3 cm³/mol. The fourth-order valence-electron chi connectivity index (χ4n) is 1.69. The second-order valence-corrected chi connectivity index (χ2v) is 3.62. The van der Waals surface area contributed by atoms with Gasteiger partial charge in [-0.15, -0.1) is 0 Å². The van der Waals surface area contributed by atoms with Crippen molar-refractivity contribution in [2.24, 2.45) is 5.73 Å². The summed E-state index contributed by atoms with van der Waals surface area (Å²) in [4.78, 5) is 10.5. The SMILES string of the molecule is NC(CC(=O)O)c1c(F)cc2occc2c1F. The molecule has 0 aliphatic carbocycles. The van der Waals surface area contributed by atoms with E-state index >= 15 is 0 Å². The van der Waals surface area contributed by atoms with Crippen LogP contribution in [0.2, 0.25) is 0 Å². The van der Waals surface area contributed by atoms with Crippen molar-refractivity contribution in [1.82, 2.24) is 0 Å². The van der Waals surface area contributed by atoms with Crippen molar-refractivity contribution in [1.29, 1.82) is 0 Å². The lowest BCUT2D eigenvalue weighted by molar-refractivity contribution is -0.137. The van der Waals surface area contributed by atoms with Gasteiger partial charge in [0, 0.05) is 17.7 Å². The molecule has 0 saturated heterocycles. The average molecular weight is 241 g/mol. The van der Waals surface area contributed by atoms with Gasteiger partial charge in [-0.25, -0.2) is 8.78 Å². The molecule has 1 aromatic carbocycles. The van der Waals surface area contributed by atoms with Crippen LogP contribution in [0.5, 0.6) is 0 Å². The summed E-state index contributed by atoms with van der Waals surface area (Å²) in [6, 6.07) is 1.10. The maximum Gasteiger partial charge on any atom is 0.305 e. The molecule has 0 bridgehead atoms. The number of fused-ring (bicyclic) bond motifs is 1. The monoisotopic (exact) mass is 241 g/mol. The normalized spacial score (nSPS) is 12.9. The highest BCUT2D eigenvalue weighted by molar-refractivity contribution is 5.79. The number of furan rings is 1. The smallest absolute Gasteiger partial charge is 0.305 e. The van der Waals surface area contributed by atoms with Gasteiger partial charge in [0.2, 0.25) is 0 Å². The van der Waals surface area contributed by atoms with Crippen molar-refractivity contribution >= 4 is 16.9 Å². The molecular weight excluding hydrogens is 232 g/mol. The largest absolute Gasteiger partial charge is 0.481 e. The van der Waals surface area contributed by atoms with Crippen LogP contribution >= 0.6 is 0 Å². The molecule has 1 heterocycles. The summed E-state index contributed by atoms with van der Waals surface area (Å²) >= 11 is 0. The van der Waals surface area contributed by atoms with Gasteiger partial charge >= 0.3 is 5.97 Å². The number of aliphatic carboxylic acids is 1. The third-order valence-corrected chi connectivity index (χ3v) is 2.45. The lowest BCUT2D eigenvalue weighted by Gasteiger charge is -2.11. The van der Waals surface area contributed by atoms with Crippen LogP contribution in [0.3, 0.4) is 0 Å². The summed E-state index contributed by atoms with van der Waals surface area (Å²) in [6.07, 6.45) is 0.677. The molecule has 3 N–H and O–H groups in total. The highest BCUT2D eigenvalue weighted by Gasteiger charge is 2.22. The fraction of sp³-hybridized carbons (Fsp3) is 0.182. The van der Waals surface area contributed by atoms with E-state index in [1.807, 2.05) is 0 Å². The van der Waals surface area contributed by atoms with Gasteiger partial charge in [0.1, 0.15) is 17.2 Å². The van der Waals surface area contributed by atoms with Crippen LogP contribution in [0.4, 0.5) is 8.78 Å². The third kappa shape index (κ3) is 1.99. The zero-order valence-corrected chi connectivity index (χ0v) is 8.61. The molecule has 0 aliphatic rings. The number of carboxylic acid groups (broad SMARTS) is 1. The van der Waals surface area contributed by atoms with Gasteiger partial charge in [-0.2, -0.15) is 0 Å². The van der Waals surface area contributed by atoms with E-state index in [-0.39, 0.29) is 11.0 Å². The maximum absolute atomic E-state index is 13.9. The zero-order chi connectivity index (χ0) is 12.6. The molecule has 1 atom stereocenters. The third-order valence-electron chi connectivity index (χ3n) is 2.45. The molecule has 17 heavy (non-hydrogen) atoms. The van der Waals surface area contributed by atoms with E-state index in [0.717, 1.165) is 6.07 Å². The van der Waals surface area contributed by atoms with Crippen LogP contribution in [0, 0.1) is 11.6 Å². The Morgan fingerprint density at radius 1 is 1.53 bits per heavy atom. The fourth-order valence-corrected chi connectivity index (χ4v) is 1.69. The minimum absolute atomic E-state index is 0.0614. The molecule has 1 unspecified atom stereocenters. The topological polar surface area (TPSA) is 76.5 Å². The molecule has 90 valence electrons. The van der Waals surface area contributed by atoms with Gasteiger partial charge in [-0.05, 0) is 6.07 Å². The van der Waals surface area contributed by atoms with Crippen LogP contribution in [-0.4, -0.2) is 11.1 Å². The van der Waals surface area contributed by atoms with Gasteiger partial charge in [0.25, 0.3) is 0 Å². The number of halogens is 2. The van der Waals surface area contributed by atoms with E-state index in [9.17, 15) is 13.6 Å². The molecule has 0 aliphatic heterocycles. The van der Waals surface area contributed by atoms with Gasteiger partial charge in [0.15, 0.2) is 0 Å². The Balaban J connectivity index is 2.55. The summed E-state index contributed by atoms with van der Waals surface area (Å²) in [5.41, 5.74) is 5.10. The summed E-state index contributed by atoms with van der Waals surface area (Å²) in [7, 11) is 0. The minimum Gasteiger partial charge on any atom is -0.481 e. The van der Waals surface area contributed by atoms with Gasteiger partial charge in [-0.1, -0.05) is 0 Å². The van der Waals surface area contributed by atoms with Crippen molar-refractivity contribution in [3.8, 4) is 0 Å². The average Bonchev–Trinajstić information content (AvgIpc) is 2.64. The van der Waals surface area contributed by atoms with E-state index in [1.165, 1.54) is 12.3 Å². The number of hydrogen-bond donors (Lipinski definition) is 2. The number of nitrogens with two attached hydrogens (primary N) is 1. The van der Waals surface area contributed by atoms with Gasteiger partial charge in [-0.3, -0.25) is 4.79 Å². The lowest BCUT2D eigenvalue weighted by atomic mass is 10.0. The Hall–Kier alpha value is -1.95. The predicted octanol–water partition coefficient (Wildman–Crippen LogP) is 2.19. The molecule has 0 amide bonds. The summed E-state index contributed by atoms with van der Waals surface area (Å²) in [5.74, 6) is -3.00. The maximum atomic E-state index is 13.9. The molecule has 1 aromatic heterocycles. The Morgan fingerprint density at radius 3 is 2.88 bits per heavy atom.